The van der Waals surface area contributed by atoms with Crippen LogP contribution in [0.5, 0.6) is 0 Å². The Balaban J connectivity index is 2.11. The Morgan fingerprint density at radius 1 is 1.04 bits per heavy atom. The molecule has 0 N–H and O–H groups in total. The molecular formula is C17H21F3N4O2. The van der Waals surface area contributed by atoms with Crippen LogP contribution in [0, 0.1) is 0 Å². The number of halogens is 3. The summed E-state index contributed by atoms with van der Waals surface area (Å²) in [5.74, 6) is -1.51. The maximum absolute atomic E-state index is 12.5. The first-order valence-corrected chi connectivity index (χ1v) is 8.34. The molecule has 0 radical (unpaired) electrons. The van der Waals surface area contributed by atoms with Crippen LogP contribution in [-0.2, 0) is 12.7 Å². The van der Waals surface area contributed by atoms with Gasteiger partial charge in [0.25, 0.3) is 0 Å². The maximum Gasteiger partial charge on any atom is 0.471 e. The standard InChI is InChI=1S/C17H21F3N4O2/c1-4-23(5-2)16(25)24(6-3)11-12-7-9-13(10-8-12)14-21-15(26-22-14)17(18,19)20/h7-10H,4-6,11H2,1-3H3. The number of alkyl halides is 3. The van der Waals surface area contributed by atoms with Crippen LogP contribution in [0.4, 0.5) is 18.0 Å². The Hall–Kier alpha value is -2.58. The molecule has 0 unspecified atom stereocenters. The molecule has 2 rings (SSSR count). The predicted molar refractivity (Wildman–Crippen MR) is 89.1 cm³/mol. The third kappa shape index (κ3) is 4.53. The minimum Gasteiger partial charge on any atom is -0.329 e. The van der Waals surface area contributed by atoms with Gasteiger partial charge in [0.05, 0.1) is 0 Å². The summed E-state index contributed by atoms with van der Waals surface area (Å²) in [7, 11) is 0. The lowest BCUT2D eigenvalue weighted by Crippen LogP contribution is -2.42. The Bertz CT molecular complexity index is 724. The number of urea groups is 1. The van der Waals surface area contributed by atoms with Gasteiger partial charge in [-0.2, -0.15) is 18.2 Å². The molecule has 0 atom stereocenters. The molecule has 0 spiro atoms. The van der Waals surface area contributed by atoms with Crippen molar-refractivity contribution < 1.29 is 22.5 Å². The van der Waals surface area contributed by atoms with E-state index in [4.69, 9.17) is 0 Å². The molecule has 0 saturated carbocycles. The smallest absolute Gasteiger partial charge is 0.329 e. The van der Waals surface area contributed by atoms with Crippen molar-refractivity contribution in [3.8, 4) is 11.4 Å². The normalized spacial score (nSPS) is 11.5. The van der Waals surface area contributed by atoms with Gasteiger partial charge in [0.2, 0.25) is 5.82 Å². The first-order valence-electron chi connectivity index (χ1n) is 8.34. The highest BCUT2D eigenvalue weighted by Gasteiger charge is 2.38. The number of carbonyl (C=O) groups is 1. The van der Waals surface area contributed by atoms with Gasteiger partial charge < -0.3 is 14.3 Å². The molecule has 0 aliphatic carbocycles. The van der Waals surface area contributed by atoms with E-state index in [9.17, 15) is 18.0 Å². The summed E-state index contributed by atoms with van der Waals surface area (Å²) in [4.78, 5) is 19.2. The summed E-state index contributed by atoms with van der Waals surface area (Å²) in [6, 6.07) is 6.63. The monoisotopic (exact) mass is 370 g/mol. The zero-order valence-electron chi connectivity index (χ0n) is 14.9. The third-order valence-electron chi connectivity index (χ3n) is 3.94. The Morgan fingerprint density at radius 2 is 1.62 bits per heavy atom. The summed E-state index contributed by atoms with van der Waals surface area (Å²) < 4.78 is 41.8. The van der Waals surface area contributed by atoms with E-state index in [0.717, 1.165) is 5.56 Å². The molecule has 0 fully saturated rings. The molecule has 0 saturated heterocycles. The lowest BCUT2D eigenvalue weighted by molar-refractivity contribution is -0.159. The minimum absolute atomic E-state index is 0.0467. The second-order valence-electron chi connectivity index (χ2n) is 5.59. The molecule has 0 aliphatic rings. The average Bonchev–Trinajstić information content (AvgIpc) is 3.11. The van der Waals surface area contributed by atoms with E-state index in [1.54, 1.807) is 34.1 Å². The summed E-state index contributed by atoms with van der Waals surface area (Å²) in [6.45, 7) is 7.96. The van der Waals surface area contributed by atoms with Crippen LogP contribution in [-0.4, -0.2) is 45.6 Å². The number of rotatable bonds is 6. The first kappa shape index (κ1) is 19.7. The zero-order valence-corrected chi connectivity index (χ0v) is 14.9. The first-order chi connectivity index (χ1) is 12.3. The Kier molecular flexibility index (Phi) is 6.23. The van der Waals surface area contributed by atoms with Crippen LogP contribution in [0.1, 0.15) is 32.2 Å². The largest absolute Gasteiger partial charge is 0.471 e. The number of hydrogen-bond donors (Lipinski definition) is 0. The number of amides is 2. The Morgan fingerprint density at radius 3 is 2.08 bits per heavy atom. The van der Waals surface area contributed by atoms with Crippen molar-refractivity contribution in [3.05, 3.63) is 35.7 Å². The van der Waals surface area contributed by atoms with Crippen molar-refractivity contribution in [2.24, 2.45) is 0 Å². The lowest BCUT2D eigenvalue weighted by Gasteiger charge is -2.28. The quantitative estimate of drug-likeness (QED) is 0.770. The molecule has 1 aromatic carbocycles. The molecule has 9 heteroatoms. The molecule has 0 aliphatic heterocycles. The van der Waals surface area contributed by atoms with Gasteiger partial charge in [-0.3, -0.25) is 0 Å². The van der Waals surface area contributed by atoms with E-state index in [2.05, 4.69) is 14.7 Å². The van der Waals surface area contributed by atoms with Crippen molar-refractivity contribution >= 4 is 6.03 Å². The fourth-order valence-electron chi connectivity index (χ4n) is 2.44. The van der Waals surface area contributed by atoms with Crippen molar-refractivity contribution in [1.29, 1.82) is 0 Å². The van der Waals surface area contributed by atoms with Gasteiger partial charge in [0.1, 0.15) is 0 Å². The number of carbonyl (C=O) groups excluding carboxylic acids is 1. The predicted octanol–water partition coefficient (Wildman–Crippen LogP) is 4.04. The van der Waals surface area contributed by atoms with Crippen LogP contribution < -0.4 is 0 Å². The summed E-state index contributed by atoms with van der Waals surface area (Å²) in [5.41, 5.74) is 1.27. The molecule has 2 aromatic rings. The van der Waals surface area contributed by atoms with Crippen molar-refractivity contribution in [3.63, 3.8) is 0 Å². The lowest BCUT2D eigenvalue weighted by atomic mass is 10.1. The second kappa shape index (κ2) is 8.20. The second-order valence-corrected chi connectivity index (χ2v) is 5.59. The number of nitrogens with zero attached hydrogens (tertiary/aromatic N) is 4. The van der Waals surface area contributed by atoms with Gasteiger partial charge in [-0.15, -0.1) is 0 Å². The third-order valence-corrected chi connectivity index (χ3v) is 3.94. The van der Waals surface area contributed by atoms with E-state index in [1.807, 2.05) is 20.8 Å². The fraction of sp³-hybridized carbons (Fsp3) is 0.471. The van der Waals surface area contributed by atoms with E-state index < -0.39 is 12.1 Å². The van der Waals surface area contributed by atoms with Gasteiger partial charge in [-0.25, -0.2) is 4.79 Å². The van der Waals surface area contributed by atoms with E-state index in [0.29, 0.717) is 31.7 Å². The van der Waals surface area contributed by atoms with Gasteiger partial charge >= 0.3 is 18.1 Å². The highest BCUT2D eigenvalue weighted by molar-refractivity contribution is 5.74. The van der Waals surface area contributed by atoms with Crippen LogP contribution in [0.25, 0.3) is 11.4 Å². The highest BCUT2D eigenvalue weighted by atomic mass is 19.4. The van der Waals surface area contributed by atoms with Crippen LogP contribution in [0.2, 0.25) is 0 Å². The highest BCUT2D eigenvalue weighted by Crippen LogP contribution is 2.29. The molecule has 2 amide bonds. The molecule has 0 bridgehead atoms. The average molecular weight is 370 g/mol. The fourth-order valence-corrected chi connectivity index (χ4v) is 2.44. The molecule has 1 aromatic heterocycles. The summed E-state index contributed by atoms with van der Waals surface area (Å²) in [6.07, 6.45) is -4.67. The van der Waals surface area contributed by atoms with Crippen LogP contribution >= 0.6 is 0 Å². The summed E-state index contributed by atoms with van der Waals surface area (Å²) in [5, 5.41) is 3.36. The van der Waals surface area contributed by atoms with Gasteiger partial charge in [0, 0.05) is 31.7 Å². The molecular weight excluding hydrogens is 349 g/mol. The van der Waals surface area contributed by atoms with Crippen LogP contribution in [0.3, 0.4) is 0 Å². The zero-order chi connectivity index (χ0) is 19.3. The minimum atomic E-state index is -4.67. The van der Waals surface area contributed by atoms with Gasteiger partial charge in [-0.05, 0) is 26.3 Å². The van der Waals surface area contributed by atoms with Crippen molar-refractivity contribution in [2.45, 2.75) is 33.5 Å². The van der Waals surface area contributed by atoms with Gasteiger partial charge in [-0.1, -0.05) is 29.4 Å². The maximum atomic E-state index is 12.5. The topological polar surface area (TPSA) is 62.5 Å². The molecule has 26 heavy (non-hydrogen) atoms. The SMILES string of the molecule is CCN(CC)C(=O)N(CC)Cc1ccc(-c2noc(C(F)(F)F)n2)cc1. The van der Waals surface area contributed by atoms with E-state index in [1.165, 1.54) is 0 Å². The molecule has 1 heterocycles. The number of aromatic nitrogens is 2. The number of hydrogen-bond acceptors (Lipinski definition) is 4. The van der Waals surface area contributed by atoms with E-state index >= 15 is 0 Å². The van der Waals surface area contributed by atoms with Gasteiger partial charge in [0.15, 0.2) is 0 Å². The molecule has 6 nitrogen and oxygen atoms in total. The van der Waals surface area contributed by atoms with Crippen LogP contribution in [0.15, 0.2) is 28.8 Å². The Labute approximate surface area is 149 Å². The summed E-state index contributed by atoms with van der Waals surface area (Å²) >= 11 is 0. The van der Waals surface area contributed by atoms with E-state index in [-0.39, 0.29) is 11.9 Å². The molecule has 142 valence electrons. The number of benzene rings is 1. The van der Waals surface area contributed by atoms with Crippen molar-refractivity contribution in [2.75, 3.05) is 19.6 Å². The van der Waals surface area contributed by atoms with Crippen molar-refractivity contribution in [1.82, 2.24) is 19.9 Å².